The first-order valence-corrected chi connectivity index (χ1v) is 7.86. The summed E-state index contributed by atoms with van der Waals surface area (Å²) in [6.07, 6.45) is 5.96. The molecule has 3 fully saturated rings. The van der Waals surface area contributed by atoms with Gasteiger partial charge in [0.2, 0.25) is 0 Å². The Kier molecular flexibility index (Phi) is 3.61. The number of hydrogen-bond donors (Lipinski definition) is 1. The average molecular weight is 280 g/mol. The fourth-order valence-corrected chi connectivity index (χ4v) is 4.32. The number of nitrogens with zero attached hydrogens (tertiary/aromatic N) is 2. The van der Waals surface area contributed by atoms with Crippen molar-refractivity contribution in [1.29, 1.82) is 0 Å². The summed E-state index contributed by atoms with van der Waals surface area (Å²) in [5, 5.41) is 9.19. The fraction of sp³-hybridized carbons (Fsp3) is 0.867. The third kappa shape index (κ3) is 2.27. The van der Waals surface area contributed by atoms with Crippen LogP contribution in [-0.4, -0.2) is 52.6 Å². The highest BCUT2D eigenvalue weighted by Gasteiger charge is 2.42. The summed E-state index contributed by atoms with van der Waals surface area (Å²) in [5.41, 5.74) is 0. The van der Waals surface area contributed by atoms with E-state index in [4.69, 9.17) is 0 Å². The minimum atomic E-state index is -0.773. The normalized spacial score (nSPS) is 37.0. The molecule has 3 aliphatic rings. The summed E-state index contributed by atoms with van der Waals surface area (Å²) in [5.74, 6) is -0.433. The van der Waals surface area contributed by atoms with Gasteiger partial charge in [0.15, 0.2) is 0 Å². The first-order valence-electron chi connectivity index (χ1n) is 7.86. The van der Waals surface area contributed by atoms with E-state index in [-0.39, 0.29) is 11.9 Å². The number of carboxylic acids is 1. The molecule has 5 heteroatoms. The van der Waals surface area contributed by atoms with Gasteiger partial charge in [0, 0.05) is 25.7 Å². The Morgan fingerprint density at radius 1 is 1.10 bits per heavy atom. The number of rotatable bonds is 1. The van der Waals surface area contributed by atoms with E-state index in [0.717, 1.165) is 19.4 Å². The standard InChI is InChI=1S/C15H24N2O3/c1-10-8-16(9-12(10)14(18)19)15(20)17-7-3-5-11-4-2-6-13(11)17/h10-13H,2-9H2,1H3,(H,18,19)/t10-,11?,12-,13?/m1/s1. The van der Waals surface area contributed by atoms with Gasteiger partial charge >= 0.3 is 12.0 Å². The summed E-state index contributed by atoms with van der Waals surface area (Å²) >= 11 is 0. The van der Waals surface area contributed by atoms with E-state index in [1.807, 2.05) is 11.8 Å². The molecule has 0 radical (unpaired) electrons. The van der Waals surface area contributed by atoms with E-state index >= 15 is 0 Å². The van der Waals surface area contributed by atoms with Gasteiger partial charge in [-0.2, -0.15) is 0 Å². The molecule has 0 aromatic heterocycles. The molecule has 1 saturated carbocycles. The predicted molar refractivity (Wildman–Crippen MR) is 74.3 cm³/mol. The lowest BCUT2D eigenvalue weighted by molar-refractivity contribution is -0.142. The van der Waals surface area contributed by atoms with Gasteiger partial charge in [-0.15, -0.1) is 0 Å². The summed E-state index contributed by atoms with van der Waals surface area (Å²) in [6.45, 7) is 3.75. The van der Waals surface area contributed by atoms with Crippen LogP contribution in [-0.2, 0) is 4.79 Å². The zero-order valence-corrected chi connectivity index (χ0v) is 12.1. The molecule has 1 aliphatic carbocycles. The molecule has 0 aromatic rings. The van der Waals surface area contributed by atoms with E-state index in [1.54, 1.807) is 4.90 Å². The zero-order valence-electron chi connectivity index (χ0n) is 12.1. The van der Waals surface area contributed by atoms with Crippen LogP contribution in [0.4, 0.5) is 4.79 Å². The van der Waals surface area contributed by atoms with Crippen LogP contribution in [0.5, 0.6) is 0 Å². The maximum Gasteiger partial charge on any atom is 0.320 e. The van der Waals surface area contributed by atoms with Crippen molar-refractivity contribution in [2.45, 2.75) is 45.1 Å². The number of likely N-dealkylation sites (tertiary alicyclic amines) is 2. The van der Waals surface area contributed by atoms with Gasteiger partial charge in [-0.3, -0.25) is 4.79 Å². The van der Waals surface area contributed by atoms with Crippen LogP contribution in [0.25, 0.3) is 0 Å². The number of urea groups is 1. The van der Waals surface area contributed by atoms with Crippen molar-refractivity contribution in [2.24, 2.45) is 17.8 Å². The highest BCUT2D eigenvalue weighted by Crippen LogP contribution is 2.37. The Bertz CT molecular complexity index is 412. The summed E-state index contributed by atoms with van der Waals surface area (Å²) in [7, 11) is 0. The second kappa shape index (κ2) is 5.26. The molecule has 4 atom stereocenters. The maximum atomic E-state index is 12.7. The number of carbonyl (C=O) groups is 2. The quantitative estimate of drug-likeness (QED) is 0.799. The fourth-order valence-electron chi connectivity index (χ4n) is 4.32. The molecule has 3 rings (SSSR count). The Balaban J connectivity index is 1.68. The Morgan fingerprint density at radius 2 is 1.85 bits per heavy atom. The number of carboxylic acid groups (broad SMARTS) is 1. The van der Waals surface area contributed by atoms with Gasteiger partial charge in [0.1, 0.15) is 0 Å². The van der Waals surface area contributed by atoms with Gasteiger partial charge in [-0.05, 0) is 37.5 Å². The molecule has 2 unspecified atom stereocenters. The van der Waals surface area contributed by atoms with Gasteiger partial charge in [0.25, 0.3) is 0 Å². The molecule has 2 aliphatic heterocycles. The third-order valence-corrected chi connectivity index (χ3v) is 5.44. The lowest BCUT2D eigenvalue weighted by Crippen LogP contribution is -2.51. The van der Waals surface area contributed by atoms with Crippen LogP contribution in [0.1, 0.15) is 39.0 Å². The smallest absolute Gasteiger partial charge is 0.320 e. The van der Waals surface area contributed by atoms with Crippen molar-refractivity contribution in [2.75, 3.05) is 19.6 Å². The molecular weight excluding hydrogens is 256 g/mol. The van der Waals surface area contributed by atoms with E-state index in [9.17, 15) is 14.7 Å². The second-order valence-electron chi connectivity index (χ2n) is 6.70. The first kappa shape index (κ1) is 13.7. The summed E-state index contributed by atoms with van der Waals surface area (Å²) in [4.78, 5) is 27.7. The van der Waals surface area contributed by atoms with Crippen LogP contribution < -0.4 is 0 Å². The first-order chi connectivity index (χ1) is 9.58. The minimum Gasteiger partial charge on any atom is -0.481 e. The third-order valence-electron chi connectivity index (χ3n) is 5.44. The lowest BCUT2D eigenvalue weighted by Gasteiger charge is -2.39. The number of fused-ring (bicyclic) bond motifs is 1. The Hall–Kier alpha value is -1.26. The molecule has 1 N–H and O–H groups in total. The van der Waals surface area contributed by atoms with Crippen LogP contribution in [0.3, 0.4) is 0 Å². The molecule has 20 heavy (non-hydrogen) atoms. The van der Waals surface area contributed by atoms with Gasteiger partial charge in [0.05, 0.1) is 5.92 Å². The molecule has 2 amide bonds. The molecular formula is C15H24N2O3. The molecule has 0 bridgehead atoms. The Labute approximate surface area is 119 Å². The molecule has 0 spiro atoms. The number of aliphatic carboxylic acids is 1. The largest absolute Gasteiger partial charge is 0.481 e. The lowest BCUT2D eigenvalue weighted by atomic mass is 9.92. The van der Waals surface area contributed by atoms with Crippen molar-refractivity contribution in [3.63, 3.8) is 0 Å². The van der Waals surface area contributed by atoms with Gasteiger partial charge in [-0.1, -0.05) is 13.3 Å². The molecule has 5 nitrogen and oxygen atoms in total. The minimum absolute atomic E-state index is 0.0561. The molecule has 0 aromatic carbocycles. The summed E-state index contributed by atoms with van der Waals surface area (Å²) < 4.78 is 0. The zero-order chi connectivity index (χ0) is 14.3. The molecule has 2 saturated heterocycles. The van der Waals surface area contributed by atoms with E-state index in [1.165, 1.54) is 19.3 Å². The van der Waals surface area contributed by atoms with Crippen LogP contribution in [0, 0.1) is 17.8 Å². The highest BCUT2D eigenvalue weighted by molar-refractivity contribution is 5.78. The number of carbonyl (C=O) groups excluding carboxylic acids is 1. The van der Waals surface area contributed by atoms with Crippen LogP contribution >= 0.6 is 0 Å². The van der Waals surface area contributed by atoms with Crippen molar-refractivity contribution in [1.82, 2.24) is 9.80 Å². The van der Waals surface area contributed by atoms with Crippen LogP contribution in [0.15, 0.2) is 0 Å². The average Bonchev–Trinajstić information content (AvgIpc) is 3.03. The van der Waals surface area contributed by atoms with Gasteiger partial charge < -0.3 is 14.9 Å². The van der Waals surface area contributed by atoms with E-state index in [0.29, 0.717) is 25.0 Å². The van der Waals surface area contributed by atoms with Gasteiger partial charge in [-0.25, -0.2) is 4.79 Å². The topological polar surface area (TPSA) is 60.9 Å². The SMILES string of the molecule is C[C@@H]1CN(C(=O)N2CCCC3CCCC32)C[C@H]1C(=O)O. The maximum absolute atomic E-state index is 12.7. The van der Waals surface area contributed by atoms with E-state index < -0.39 is 11.9 Å². The van der Waals surface area contributed by atoms with Crippen molar-refractivity contribution in [3.05, 3.63) is 0 Å². The van der Waals surface area contributed by atoms with Crippen molar-refractivity contribution >= 4 is 12.0 Å². The second-order valence-corrected chi connectivity index (χ2v) is 6.70. The van der Waals surface area contributed by atoms with Crippen molar-refractivity contribution < 1.29 is 14.7 Å². The number of piperidine rings is 1. The van der Waals surface area contributed by atoms with Crippen molar-refractivity contribution in [3.8, 4) is 0 Å². The van der Waals surface area contributed by atoms with Crippen LogP contribution in [0.2, 0.25) is 0 Å². The number of hydrogen-bond acceptors (Lipinski definition) is 2. The number of amides is 2. The summed E-state index contributed by atoms with van der Waals surface area (Å²) in [6, 6.07) is 0.493. The molecule has 2 heterocycles. The Morgan fingerprint density at radius 3 is 2.55 bits per heavy atom. The molecule has 112 valence electrons. The highest BCUT2D eigenvalue weighted by atomic mass is 16.4. The van der Waals surface area contributed by atoms with E-state index in [2.05, 4.69) is 0 Å². The monoisotopic (exact) mass is 280 g/mol. The predicted octanol–water partition coefficient (Wildman–Crippen LogP) is 2.02.